The number of rotatable bonds is 4. The molecule has 3 rings (SSSR count). The normalized spacial score (nSPS) is 10.4. The summed E-state index contributed by atoms with van der Waals surface area (Å²) in [5.41, 5.74) is 0.123. The van der Waals surface area contributed by atoms with E-state index in [2.05, 4.69) is 15.5 Å². The van der Waals surface area contributed by atoms with Gasteiger partial charge in [0.1, 0.15) is 0 Å². The quantitative estimate of drug-likeness (QED) is 0.579. The summed E-state index contributed by atoms with van der Waals surface area (Å²) in [5, 5.41) is 20.3. The maximum Gasteiger partial charge on any atom is 0.322 e. The molecule has 0 radical (unpaired) electrons. The second-order valence-corrected chi connectivity index (χ2v) is 4.15. The second-order valence-electron chi connectivity index (χ2n) is 4.15. The molecule has 1 amide bonds. The molecule has 0 fully saturated rings. The molecule has 3 aromatic rings. The molecule has 2 aromatic heterocycles. The lowest BCUT2D eigenvalue weighted by Crippen LogP contribution is -2.12. The monoisotopic (exact) mass is 300 g/mol. The van der Waals surface area contributed by atoms with Gasteiger partial charge in [0.05, 0.1) is 11.2 Å². The van der Waals surface area contributed by atoms with E-state index < -0.39 is 10.8 Å². The van der Waals surface area contributed by atoms with E-state index in [1.54, 1.807) is 12.1 Å². The molecule has 0 atom stereocenters. The van der Waals surface area contributed by atoms with E-state index in [1.807, 2.05) is 0 Å². The van der Waals surface area contributed by atoms with E-state index in [4.69, 9.17) is 8.83 Å². The number of hydrogen-bond donors (Lipinski definition) is 1. The van der Waals surface area contributed by atoms with Crippen LogP contribution in [-0.2, 0) is 0 Å². The van der Waals surface area contributed by atoms with E-state index in [0.29, 0.717) is 5.76 Å². The SMILES string of the molecule is O=C(Nc1nnc(-c2ccco2)o1)c1ccc([N+](=O)[O-])cc1. The molecule has 1 aromatic carbocycles. The van der Waals surface area contributed by atoms with Crippen molar-refractivity contribution in [1.82, 2.24) is 10.2 Å². The number of non-ortho nitro benzene ring substituents is 1. The molecule has 0 saturated heterocycles. The van der Waals surface area contributed by atoms with Crippen molar-refractivity contribution >= 4 is 17.6 Å². The summed E-state index contributed by atoms with van der Waals surface area (Å²) in [7, 11) is 0. The fourth-order valence-electron chi connectivity index (χ4n) is 1.68. The fourth-order valence-corrected chi connectivity index (χ4v) is 1.68. The molecule has 2 heterocycles. The molecular formula is C13H8N4O5. The number of furan rings is 1. The highest BCUT2D eigenvalue weighted by Crippen LogP contribution is 2.20. The minimum Gasteiger partial charge on any atom is -0.459 e. The Morgan fingerprint density at radius 3 is 2.59 bits per heavy atom. The largest absolute Gasteiger partial charge is 0.459 e. The first kappa shape index (κ1) is 13.5. The maximum atomic E-state index is 12.0. The lowest BCUT2D eigenvalue weighted by molar-refractivity contribution is -0.384. The predicted molar refractivity (Wildman–Crippen MR) is 73.0 cm³/mol. The van der Waals surface area contributed by atoms with Crippen molar-refractivity contribution in [3.63, 3.8) is 0 Å². The van der Waals surface area contributed by atoms with Crippen LogP contribution in [0, 0.1) is 10.1 Å². The summed E-state index contributed by atoms with van der Waals surface area (Å²) in [5.74, 6) is -0.0168. The summed E-state index contributed by atoms with van der Waals surface area (Å²) < 4.78 is 10.3. The number of benzene rings is 1. The Morgan fingerprint density at radius 1 is 1.18 bits per heavy atom. The number of amides is 1. The molecule has 0 aliphatic rings. The highest BCUT2D eigenvalue weighted by Gasteiger charge is 2.15. The Morgan fingerprint density at radius 2 is 1.95 bits per heavy atom. The first-order valence-corrected chi connectivity index (χ1v) is 6.06. The predicted octanol–water partition coefficient (Wildman–Crippen LogP) is 2.49. The second kappa shape index (κ2) is 5.48. The summed E-state index contributed by atoms with van der Waals surface area (Å²) in [4.78, 5) is 22.0. The first-order valence-electron chi connectivity index (χ1n) is 6.06. The van der Waals surface area contributed by atoms with Gasteiger partial charge in [0, 0.05) is 17.7 Å². The van der Waals surface area contributed by atoms with Gasteiger partial charge in [0.2, 0.25) is 0 Å². The lowest BCUT2D eigenvalue weighted by atomic mass is 10.2. The summed E-state index contributed by atoms with van der Waals surface area (Å²) in [6, 6.07) is 8.32. The number of aromatic nitrogens is 2. The number of nitro groups is 1. The van der Waals surface area contributed by atoms with Crippen molar-refractivity contribution in [2.24, 2.45) is 0 Å². The van der Waals surface area contributed by atoms with Gasteiger partial charge in [-0.3, -0.25) is 20.2 Å². The van der Waals surface area contributed by atoms with Crippen LogP contribution in [0.2, 0.25) is 0 Å². The van der Waals surface area contributed by atoms with Gasteiger partial charge in [-0.05, 0) is 24.3 Å². The van der Waals surface area contributed by atoms with Crippen LogP contribution < -0.4 is 5.32 Å². The van der Waals surface area contributed by atoms with Crippen LogP contribution in [0.25, 0.3) is 11.7 Å². The standard InChI is InChI=1S/C13H8N4O5/c18-11(8-3-5-9(6-4-8)17(19)20)14-13-16-15-12(22-13)10-2-1-7-21-10/h1-7H,(H,14,16,18). The fraction of sp³-hybridized carbons (Fsp3) is 0. The average Bonchev–Trinajstić information content (AvgIpc) is 3.18. The third-order valence-corrected chi connectivity index (χ3v) is 2.72. The number of carbonyl (C=O) groups is 1. The number of nitro benzene ring substituents is 1. The molecule has 22 heavy (non-hydrogen) atoms. The van der Waals surface area contributed by atoms with Crippen molar-refractivity contribution < 1.29 is 18.6 Å². The minimum atomic E-state index is -0.546. The number of nitrogens with one attached hydrogen (secondary N) is 1. The van der Waals surface area contributed by atoms with Crippen molar-refractivity contribution in [2.45, 2.75) is 0 Å². The molecule has 0 bridgehead atoms. The van der Waals surface area contributed by atoms with Gasteiger partial charge in [0.25, 0.3) is 17.5 Å². The zero-order valence-corrected chi connectivity index (χ0v) is 10.9. The van der Waals surface area contributed by atoms with Crippen LogP contribution in [0.1, 0.15) is 10.4 Å². The minimum absolute atomic E-state index is 0.102. The van der Waals surface area contributed by atoms with Crippen LogP contribution in [0.5, 0.6) is 0 Å². The van der Waals surface area contributed by atoms with E-state index in [0.717, 1.165) is 0 Å². The molecule has 0 spiro atoms. The Kier molecular flexibility index (Phi) is 3.36. The summed E-state index contributed by atoms with van der Waals surface area (Å²) >= 11 is 0. The van der Waals surface area contributed by atoms with Crippen LogP contribution in [-0.4, -0.2) is 21.0 Å². The van der Waals surface area contributed by atoms with Crippen LogP contribution in [0.15, 0.2) is 51.5 Å². The Bertz CT molecular complexity index is 807. The van der Waals surface area contributed by atoms with Crippen molar-refractivity contribution in [3.05, 3.63) is 58.3 Å². The van der Waals surface area contributed by atoms with Gasteiger partial charge in [0.15, 0.2) is 5.76 Å². The summed E-state index contributed by atoms with van der Waals surface area (Å²) in [6.07, 6.45) is 1.45. The molecule has 110 valence electrons. The van der Waals surface area contributed by atoms with Gasteiger partial charge >= 0.3 is 6.01 Å². The van der Waals surface area contributed by atoms with Crippen LogP contribution in [0.3, 0.4) is 0 Å². The van der Waals surface area contributed by atoms with Crippen LogP contribution in [0.4, 0.5) is 11.7 Å². The van der Waals surface area contributed by atoms with Gasteiger partial charge in [-0.1, -0.05) is 5.10 Å². The smallest absolute Gasteiger partial charge is 0.322 e. The third kappa shape index (κ3) is 2.68. The Labute approximate surface area is 122 Å². The molecule has 0 aliphatic heterocycles. The Hall–Kier alpha value is -3.49. The number of anilines is 1. The molecule has 0 unspecified atom stereocenters. The first-order chi connectivity index (χ1) is 10.6. The number of hydrogen-bond acceptors (Lipinski definition) is 7. The topological polar surface area (TPSA) is 124 Å². The molecule has 1 N–H and O–H groups in total. The molecule has 9 nitrogen and oxygen atoms in total. The van der Waals surface area contributed by atoms with E-state index >= 15 is 0 Å². The highest BCUT2D eigenvalue weighted by molar-refractivity contribution is 6.03. The Balaban J connectivity index is 1.73. The van der Waals surface area contributed by atoms with Crippen LogP contribution >= 0.6 is 0 Å². The van der Waals surface area contributed by atoms with Gasteiger partial charge in [-0.25, -0.2) is 0 Å². The zero-order valence-electron chi connectivity index (χ0n) is 10.9. The van der Waals surface area contributed by atoms with Crippen molar-refractivity contribution in [2.75, 3.05) is 5.32 Å². The molecule has 0 aliphatic carbocycles. The summed E-state index contributed by atoms with van der Waals surface area (Å²) in [6.45, 7) is 0. The van der Waals surface area contributed by atoms with E-state index in [1.165, 1.54) is 30.5 Å². The molecular weight excluding hydrogens is 292 g/mol. The average molecular weight is 300 g/mol. The third-order valence-electron chi connectivity index (χ3n) is 2.72. The van der Waals surface area contributed by atoms with E-state index in [-0.39, 0.29) is 23.2 Å². The van der Waals surface area contributed by atoms with Crippen molar-refractivity contribution in [1.29, 1.82) is 0 Å². The number of carbonyl (C=O) groups excluding carboxylic acids is 1. The molecule has 9 heteroatoms. The van der Waals surface area contributed by atoms with Gasteiger partial charge < -0.3 is 8.83 Å². The molecule has 0 saturated carbocycles. The van der Waals surface area contributed by atoms with Gasteiger partial charge in [-0.15, -0.1) is 5.10 Å². The lowest BCUT2D eigenvalue weighted by Gasteiger charge is -1.99. The van der Waals surface area contributed by atoms with Crippen molar-refractivity contribution in [3.8, 4) is 11.7 Å². The number of nitrogens with zero attached hydrogens (tertiary/aromatic N) is 3. The van der Waals surface area contributed by atoms with E-state index in [9.17, 15) is 14.9 Å². The van der Waals surface area contributed by atoms with Gasteiger partial charge in [-0.2, -0.15) is 0 Å². The highest BCUT2D eigenvalue weighted by atomic mass is 16.6. The zero-order chi connectivity index (χ0) is 15.5. The maximum absolute atomic E-state index is 12.0.